The van der Waals surface area contributed by atoms with Crippen molar-refractivity contribution in [2.75, 3.05) is 12.4 Å². The molecule has 4 aromatic rings. The Morgan fingerprint density at radius 3 is 2.38 bits per heavy atom. The summed E-state index contributed by atoms with van der Waals surface area (Å²) in [5, 5.41) is 5.12. The summed E-state index contributed by atoms with van der Waals surface area (Å²) in [6, 6.07) is 19.0. The highest BCUT2D eigenvalue weighted by molar-refractivity contribution is 7.13. The van der Waals surface area contributed by atoms with E-state index >= 15 is 0 Å². The van der Waals surface area contributed by atoms with Crippen molar-refractivity contribution in [2.24, 2.45) is 0 Å². The molecule has 0 bridgehead atoms. The first-order valence-electron chi connectivity index (χ1n) is 10.1. The first kappa shape index (κ1) is 23.3. The first-order chi connectivity index (χ1) is 16.3. The Hall–Kier alpha value is -3.85. The minimum Gasteiger partial charge on any atom is -0.497 e. The van der Waals surface area contributed by atoms with Gasteiger partial charge in [-0.2, -0.15) is 13.2 Å². The highest BCUT2D eigenvalue weighted by Gasteiger charge is 2.30. The average molecular weight is 484 g/mol. The van der Waals surface area contributed by atoms with Gasteiger partial charge in [0.1, 0.15) is 28.8 Å². The summed E-state index contributed by atoms with van der Waals surface area (Å²) in [6.45, 7) is 0.0101. The molecule has 0 aliphatic carbocycles. The molecule has 1 aromatic heterocycles. The van der Waals surface area contributed by atoms with Crippen LogP contribution < -0.4 is 14.8 Å². The molecule has 3 aromatic carbocycles. The molecule has 0 saturated heterocycles. The van der Waals surface area contributed by atoms with E-state index < -0.39 is 11.7 Å². The fourth-order valence-electron chi connectivity index (χ4n) is 3.08. The molecule has 0 atom stereocenters. The largest absolute Gasteiger partial charge is 0.497 e. The predicted octanol–water partition coefficient (Wildman–Crippen LogP) is 6.67. The van der Waals surface area contributed by atoms with E-state index in [2.05, 4.69) is 10.3 Å². The van der Waals surface area contributed by atoms with Gasteiger partial charge in [-0.3, -0.25) is 4.79 Å². The molecule has 0 fully saturated rings. The number of benzene rings is 3. The Labute approximate surface area is 197 Å². The van der Waals surface area contributed by atoms with Gasteiger partial charge in [-0.25, -0.2) is 4.98 Å². The van der Waals surface area contributed by atoms with Gasteiger partial charge in [-0.05, 0) is 66.2 Å². The summed E-state index contributed by atoms with van der Waals surface area (Å²) < 4.78 is 49.3. The molecular weight excluding hydrogens is 465 g/mol. The van der Waals surface area contributed by atoms with E-state index in [1.807, 2.05) is 0 Å². The number of methoxy groups -OCH3 is 1. The van der Waals surface area contributed by atoms with Crippen molar-refractivity contribution in [1.29, 1.82) is 0 Å². The Balaban J connectivity index is 1.37. The van der Waals surface area contributed by atoms with Crippen LogP contribution in [0.2, 0.25) is 0 Å². The molecule has 0 saturated carbocycles. The number of nitrogens with zero attached hydrogens (tertiary/aromatic N) is 1. The minimum atomic E-state index is -4.39. The third-order valence-corrected chi connectivity index (χ3v) is 5.74. The molecule has 5 nitrogen and oxygen atoms in total. The lowest BCUT2D eigenvalue weighted by molar-refractivity contribution is -0.137. The number of hydrogen-bond acceptors (Lipinski definition) is 5. The summed E-state index contributed by atoms with van der Waals surface area (Å²) in [5.74, 6) is 0.875. The van der Waals surface area contributed by atoms with E-state index in [1.165, 1.54) is 17.4 Å². The molecule has 0 radical (unpaired) electrons. The molecule has 1 amide bonds. The van der Waals surface area contributed by atoms with Crippen LogP contribution in [0.25, 0.3) is 10.6 Å². The lowest BCUT2D eigenvalue weighted by atomic mass is 10.1. The monoisotopic (exact) mass is 484 g/mol. The van der Waals surface area contributed by atoms with Gasteiger partial charge in [-0.15, -0.1) is 11.3 Å². The van der Waals surface area contributed by atoms with Crippen LogP contribution in [0, 0.1) is 0 Å². The molecule has 0 unspecified atom stereocenters. The molecule has 174 valence electrons. The van der Waals surface area contributed by atoms with Crippen molar-refractivity contribution >= 4 is 22.9 Å². The average Bonchev–Trinajstić information content (AvgIpc) is 3.34. The van der Waals surface area contributed by atoms with Crippen LogP contribution in [0.5, 0.6) is 11.5 Å². The second-order valence-corrected chi connectivity index (χ2v) is 8.09. The third-order valence-electron chi connectivity index (χ3n) is 4.85. The minimum absolute atomic E-state index is 0.0101. The zero-order valence-corrected chi connectivity index (χ0v) is 18.7. The Bertz CT molecular complexity index is 1270. The SMILES string of the molecule is COc1ccc(NC(=O)c2csc(-c3ccc(OCc4cccc(C(F)(F)F)c4)cc3)n2)cc1. The molecule has 0 spiro atoms. The van der Waals surface area contributed by atoms with Crippen molar-refractivity contribution < 1.29 is 27.4 Å². The zero-order chi connectivity index (χ0) is 24.1. The van der Waals surface area contributed by atoms with E-state index in [4.69, 9.17) is 9.47 Å². The Morgan fingerprint density at radius 2 is 1.71 bits per heavy atom. The van der Waals surface area contributed by atoms with Gasteiger partial charge in [0.15, 0.2) is 0 Å². The number of amides is 1. The summed E-state index contributed by atoms with van der Waals surface area (Å²) in [7, 11) is 1.57. The van der Waals surface area contributed by atoms with Crippen molar-refractivity contribution in [2.45, 2.75) is 12.8 Å². The number of carbonyl (C=O) groups excluding carboxylic acids is 1. The molecule has 1 heterocycles. The maximum atomic E-state index is 12.9. The Kier molecular flexibility index (Phi) is 6.83. The van der Waals surface area contributed by atoms with Gasteiger partial charge in [0.2, 0.25) is 0 Å². The van der Waals surface area contributed by atoms with Crippen molar-refractivity contribution in [3.63, 3.8) is 0 Å². The normalized spacial score (nSPS) is 11.2. The van der Waals surface area contributed by atoms with Crippen LogP contribution in [0.4, 0.5) is 18.9 Å². The first-order valence-corrected chi connectivity index (χ1v) is 11.0. The topological polar surface area (TPSA) is 60.5 Å². The van der Waals surface area contributed by atoms with Gasteiger partial charge in [0, 0.05) is 16.6 Å². The van der Waals surface area contributed by atoms with Crippen molar-refractivity contribution in [3.8, 4) is 22.1 Å². The second-order valence-electron chi connectivity index (χ2n) is 7.23. The maximum absolute atomic E-state index is 12.9. The maximum Gasteiger partial charge on any atom is 0.416 e. The molecule has 0 aliphatic rings. The molecule has 34 heavy (non-hydrogen) atoms. The number of ether oxygens (including phenoxy) is 2. The number of anilines is 1. The summed E-state index contributed by atoms with van der Waals surface area (Å²) in [6.07, 6.45) is -4.39. The third kappa shape index (κ3) is 5.74. The molecule has 0 aliphatic heterocycles. The summed E-state index contributed by atoms with van der Waals surface area (Å²) in [5.41, 5.74) is 1.43. The number of aromatic nitrogens is 1. The van der Waals surface area contributed by atoms with Crippen LogP contribution in [-0.2, 0) is 12.8 Å². The fourth-order valence-corrected chi connectivity index (χ4v) is 3.88. The zero-order valence-electron chi connectivity index (χ0n) is 17.9. The molecule has 9 heteroatoms. The number of thiazole rings is 1. The molecule has 4 rings (SSSR count). The van der Waals surface area contributed by atoms with Gasteiger partial charge in [0.25, 0.3) is 5.91 Å². The van der Waals surface area contributed by atoms with E-state index in [1.54, 1.807) is 67.1 Å². The van der Waals surface area contributed by atoms with Crippen LogP contribution in [0.1, 0.15) is 21.6 Å². The van der Waals surface area contributed by atoms with Crippen molar-refractivity contribution in [3.05, 3.63) is 95.0 Å². The Morgan fingerprint density at radius 1 is 1.00 bits per heavy atom. The van der Waals surface area contributed by atoms with Crippen LogP contribution in [0.3, 0.4) is 0 Å². The number of halogens is 3. The van der Waals surface area contributed by atoms with E-state index in [9.17, 15) is 18.0 Å². The van der Waals surface area contributed by atoms with Crippen molar-refractivity contribution in [1.82, 2.24) is 4.98 Å². The fraction of sp³-hybridized carbons (Fsp3) is 0.120. The van der Waals surface area contributed by atoms with Crippen LogP contribution in [0.15, 0.2) is 78.2 Å². The predicted molar refractivity (Wildman–Crippen MR) is 124 cm³/mol. The van der Waals surface area contributed by atoms with E-state index in [-0.39, 0.29) is 12.5 Å². The lowest BCUT2D eigenvalue weighted by Gasteiger charge is -2.10. The van der Waals surface area contributed by atoms with E-state index in [0.717, 1.165) is 17.7 Å². The highest BCUT2D eigenvalue weighted by atomic mass is 32.1. The molecular formula is C25H19F3N2O3S. The number of hydrogen-bond donors (Lipinski definition) is 1. The van der Waals surface area contributed by atoms with Crippen LogP contribution in [-0.4, -0.2) is 18.0 Å². The highest BCUT2D eigenvalue weighted by Crippen LogP contribution is 2.30. The van der Waals surface area contributed by atoms with Gasteiger partial charge in [-0.1, -0.05) is 12.1 Å². The number of rotatable bonds is 7. The number of nitrogens with one attached hydrogen (secondary N) is 1. The number of alkyl halides is 3. The molecule has 1 N–H and O–H groups in total. The summed E-state index contributed by atoms with van der Waals surface area (Å²) in [4.78, 5) is 16.9. The smallest absolute Gasteiger partial charge is 0.416 e. The van der Waals surface area contributed by atoms with Crippen LogP contribution >= 0.6 is 11.3 Å². The van der Waals surface area contributed by atoms with Gasteiger partial charge >= 0.3 is 6.18 Å². The quantitative estimate of drug-likeness (QED) is 0.318. The second kappa shape index (κ2) is 9.96. The lowest BCUT2D eigenvalue weighted by Crippen LogP contribution is -2.12. The van der Waals surface area contributed by atoms with E-state index in [0.29, 0.717) is 33.5 Å². The standard InChI is InChI=1S/C25H19F3N2O3S/c1-32-20-11-7-19(8-12-20)29-23(31)22-15-34-24(30-22)17-5-9-21(10-6-17)33-14-16-3-2-4-18(13-16)25(26,27)28/h2-13,15H,14H2,1H3,(H,29,31). The summed E-state index contributed by atoms with van der Waals surface area (Å²) >= 11 is 1.33. The van der Waals surface area contributed by atoms with Gasteiger partial charge < -0.3 is 14.8 Å². The van der Waals surface area contributed by atoms with Gasteiger partial charge in [0.05, 0.1) is 12.7 Å². The number of carbonyl (C=O) groups is 1.